The molecule has 0 aliphatic heterocycles. The summed E-state index contributed by atoms with van der Waals surface area (Å²) in [6, 6.07) is 64.7. The fraction of sp³-hybridized carbons (Fsp3) is 0. The molecular formula is C54H32N8. The standard InChI is InChI=1S/C54H32N8/c1-3-15-33(16-4-1)59-42-23-11-8-20-36(42)40-30-48-41(29-47(40)59)37-21-9-13-25-44(37)62(48)50-32-56-53-54(58-50)55-31-49(57-53)61-45-26-14-10-22-39(45)51-46(61)28-27-38-35-19-7-12-24-43(35)60(52(38)51)34-17-5-2-6-18-34/h1-32H. The Kier molecular flexibility index (Phi) is 6.68. The monoisotopic (exact) mass is 792 g/mol. The lowest BCUT2D eigenvalue weighted by Gasteiger charge is -2.10. The van der Waals surface area contributed by atoms with Gasteiger partial charge in [0.15, 0.2) is 22.9 Å². The molecule has 8 aromatic carbocycles. The normalized spacial score (nSPS) is 12.2. The van der Waals surface area contributed by atoms with E-state index in [0.29, 0.717) is 22.9 Å². The topological polar surface area (TPSA) is 71.3 Å². The lowest BCUT2D eigenvalue weighted by atomic mass is 10.1. The van der Waals surface area contributed by atoms with Crippen LogP contribution in [0, 0.1) is 0 Å². The van der Waals surface area contributed by atoms with Gasteiger partial charge in [-0.05, 0) is 66.7 Å². The zero-order chi connectivity index (χ0) is 40.5. The maximum absolute atomic E-state index is 5.18. The Balaban J connectivity index is 0.973. The second-order valence-electron chi connectivity index (χ2n) is 15.9. The van der Waals surface area contributed by atoms with Gasteiger partial charge in [0.1, 0.15) is 0 Å². The first-order chi connectivity index (χ1) is 30.8. The molecule has 0 N–H and O–H groups in total. The zero-order valence-corrected chi connectivity index (χ0v) is 33.1. The van der Waals surface area contributed by atoms with Crippen LogP contribution in [0.1, 0.15) is 0 Å². The van der Waals surface area contributed by atoms with Gasteiger partial charge in [0.2, 0.25) is 0 Å². The fourth-order valence-electron chi connectivity index (χ4n) is 10.1. The summed E-state index contributed by atoms with van der Waals surface area (Å²) in [5, 5.41) is 9.38. The van der Waals surface area contributed by atoms with Crippen molar-refractivity contribution in [2.45, 2.75) is 0 Å². The number of hydrogen-bond donors (Lipinski definition) is 0. The molecule has 0 saturated heterocycles. The van der Waals surface area contributed by atoms with E-state index < -0.39 is 0 Å². The number of rotatable bonds is 4. The van der Waals surface area contributed by atoms with Crippen LogP contribution < -0.4 is 0 Å². The summed E-state index contributed by atoms with van der Waals surface area (Å²) in [5.74, 6) is 1.37. The molecule has 14 aromatic rings. The van der Waals surface area contributed by atoms with Crippen LogP contribution >= 0.6 is 0 Å². The molecule has 0 fully saturated rings. The smallest absolute Gasteiger partial charge is 0.199 e. The molecule has 8 heteroatoms. The Labute approximate surface area is 352 Å². The van der Waals surface area contributed by atoms with E-state index in [1.165, 1.54) is 32.6 Å². The summed E-state index contributed by atoms with van der Waals surface area (Å²) in [4.78, 5) is 20.3. The van der Waals surface area contributed by atoms with Crippen LogP contribution in [0.2, 0.25) is 0 Å². The minimum atomic E-state index is 0.478. The van der Waals surface area contributed by atoms with E-state index >= 15 is 0 Å². The minimum Gasteiger partial charge on any atom is -0.309 e. The van der Waals surface area contributed by atoms with Crippen LogP contribution in [0.5, 0.6) is 0 Å². The highest BCUT2D eigenvalue weighted by atomic mass is 15.2. The molecule has 62 heavy (non-hydrogen) atoms. The van der Waals surface area contributed by atoms with Crippen molar-refractivity contribution in [1.29, 1.82) is 0 Å². The molecule has 0 aliphatic rings. The predicted molar refractivity (Wildman–Crippen MR) is 252 cm³/mol. The van der Waals surface area contributed by atoms with Gasteiger partial charge in [0.05, 0.1) is 56.5 Å². The average molecular weight is 793 g/mol. The minimum absolute atomic E-state index is 0.478. The van der Waals surface area contributed by atoms with Gasteiger partial charge in [0, 0.05) is 54.5 Å². The van der Waals surface area contributed by atoms with Gasteiger partial charge in [-0.25, -0.2) is 19.9 Å². The van der Waals surface area contributed by atoms with E-state index in [1.807, 2.05) is 12.4 Å². The number of para-hydroxylation sites is 6. The van der Waals surface area contributed by atoms with E-state index in [2.05, 4.69) is 200 Å². The fourth-order valence-corrected chi connectivity index (χ4v) is 10.1. The summed E-state index contributed by atoms with van der Waals surface area (Å²) in [5.41, 5.74) is 12.0. The Hall–Kier alpha value is -8.62. The molecule has 0 atom stereocenters. The molecule has 0 radical (unpaired) electrons. The van der Waals surface area contributed by atoms with Crippen molar-refractivity contribution in [1.82, 2.24) is 38.2 Å². The van der Waals surface area contributed by atoms with Crippen LogP contribution in [0.4, 0.5) is 0 Å². The van der Waals surface area contributed by atoms with Gasteiger partial charge in [-0.1, -0.05) is 115 Å². The molecule has 14 rings (SSSR count). The van der Waals surface area contributed by atoms with Crippen molar-refractivity contribution >= 4 is 98.5 Å². The van der Waals surface area contributed by atoms with Gasteiger partial charge in [-0.15, -0.1) is 0 Å². The van der Waals surface area contributed by atoms with E-state index in [1.54, 1.807) is 0 Å². The Bertz CT molecular complexity index is 4150. The van der Waals surface area contributed by atoms with Crippen molar-refractivity contribution in [3.8, 4) is 23.0 Å². The van der Waals surface area contributed by atoms with Crippen molar-refractivity contribution in [2.75, 3.05) is 0 Å². The van der Waals surface area contributed by atoms with E-state index in [0.717, 1.165) is 66.0 Å². The SMILES string of the molecule is c1ccc(-n2c3ccccc3c3cc4c(cc32)c2ccccc2n4-c2cnc3nc(-n4c5ccccc5c5c4ccc4c6ccccc6n(-c6ccccc6)c45)cnc3n2)cc1. The average Bonchev–Trinajstić information content (AvgIpc) is 4.06. The van der Waals surface area contributed by atoms with Crippen molar-refractivity contribution in [2.24, 2.45) is 0 Å². The maximum Gasteiger partial charge on any atom is 0.199 e. The highest BCUT2D eigenvalue weighted by molar-refractivity contribution is 6.26. The molecule has 288 valence electrons. The van der Waals surface area contributed by atoms with Gasteiger partial charge >= 0.3 is 0 Å². The molecule has 6 heterocycles. The number of nitrogens with zero attached hydrogens (tertiary/aromatic N) is 8. The molecule has 6 aromatic heterocycles. The predicted octanol–water partition coefficient (Wildman–Crippen LogP) is 12.8. The summed E-state index contributed by atoms with van der Waals surface area (Å²) in [7, 11) is 0. The van der Waals surface area contributed by atoms with E-state index in [-0.39, 0.29) is 0 Å². The Morgan fingerprint density at radius 3 is 1.29 bits per heavy atom. The summed E-state index contributed by atoms with van der Waals surface area (Å²) >= 11 is 0. The second kappa shape index (κ2) is 12.5. The quantitative estimate of drug-likeness (QED) is 0.178. The highest BCUT2D eigenvalue weighted by Gasteiger charge is 2.23. The first-order valence-electron chi connectivity index (χ1n) is 20.8. The second-order valence-corrected chi connectivity index (χ2v) is 15.9. The number of fused-ring (bicyclic) bond motifs is 14. The summed E-state index contributed by atoms with van der Waals surface area (Å²) in [6.45, 7) is 0. The first kappa shape index (κ1) is 33.2. The van der Waals surface area contributed by atoms with Gasteiger partial charge < -0.3 is 9.13 Å². The maximum atomic E-state index is 5.18. The lowest BCUT2D eigenvalue weighted by molar-refractivity contribution is 1.02. The molecule has 8 nitrogen and oxygen atoms in total. The third-order valence-electron chi connectivity index (χ3n) is 12.7. The van der Waals surface area contributed by atoms with Crippen molar-refractivity contribution in [3.63, 3.8) is 0 Å². The third kappa shape index (κ3) is 4.49. The Morgan fingerprint density at radius 1 is 0.290 bits per heavy atom. The number of hydrogen-bond acceptors (Lipinski definition) is 4. The summed E-state index contributed by atoms with van der Waals surface area (Å²) < 4.78 is 9.18. The van der Waals surface area contributed by atoms with Crippen LogP contribution in [-0.4, -0.2) is 38.2 Å². The van der Waals surface area contributed by atoms with Crippen molar-refractivity contribution in [3.05, 3.63) is 194 Å². The van der Waals surface area contributed by atoms with Crippen LogP contribution in [0.25, 0.3) is 122 Å². The highest BCUT2D eigenvalue weighted by Crippen LogP contribution is 2.43. The van der Waals surface area contributed by atoms with Crippen LogP contribution in [-0.2, 0) is 0 Å². The molecular weight excluding hydrogens is 761 g/mol. The first-order valence-corrected chi connectivity index (χ1v) is 20.8. The molecule has 0 spiro atoms. The number of benzene rings is 8. The lowest BCUT2D eigenvalue weighted by Crippen LogP contribution is -2.04. The third-order valence-corrected chi connectivity index (χ3v) is 12.7. The largest absolute Gasteiger partial charge is 0.309 e. The van der Waals surface area contributed by atoms with Gasteiger partial charge in [-0.2, -0.15) is 0 Å². The molecule has 0 unspecified atom stereocenters. The van der Waals surface area contributed by atoms with E-state index in [9.17, 15) is 0 Å². The zero-order valence-electron chi connectivity index (χ0n) is 33.1. The molecule has 0 aliphatic carbocycles. The van der Waals surface area contributed by atoms with Crippen molar-refractivity contribution < 1.29 is 0 Å². The van der Waals surface area contributed by atoms with Crippen LogP contribution in [0.15, 0.2) is 194 Å². The Morgan fingerprint density at radius 2 is 0.710 bits per heavy atom. The van der Waals surface area contributed by atoms with E-state index in [4.69, 9.17) is 19.9 Å². The van der Waals surface area contributed by atoms with Crippen LogP contribution in [0.3, 0.4) is 0 Å². The molecule has 0 amide bonds. The van der Waals surface area contributed by atoms with Gasteiger partial charge in [-0.3, -0.25) is 9.13 Å². The van der Waals surface area contributed by atoms with Gasteiger partial charge in [0.25, 0.3) is 0 Å². The summed E-state index contributed by atoms with van der Waals surface area (Å²) in [6.07, 6.45) is 3.66. The molecule has 0 bridgehead atoms. The molecule has 0 saturated carbocycles. The number of aromatic nitrogens is 8.